The fraction of sp³-hybridized carbons (Fsp3) is 0.682. The Hall–Kier alpha value is -1.40. The van der Waals surface area contributed by atoms with Gasteiger partial charge in [0.05, 0.1) is 17.0 Å². The molecule has 1 aromatic rings. The van der Waals surface area contributed by atoms with Gasteiger partial charge in [-0.15, -0.1) is 0 Å². The molecule has 5 nitrogen and oxygen atoms in total. The van der Waals surface area contributed by atoms with E-state index >= 15 is 0 Å². The number of nitrogens with zero attached hydrogens (tertiary/aromatic N) is 1. The number of rotatable bonds is 8. The van der Waals surface area contributed by atoms with Crippen LogP contribution in [0.4, 0.5) is 10.5 Å². The number of hydrogen-bond donors (Lipinski definition) is 1. The van der Waals surface area contributed by atoms with Crippen molar-refractivity contribution in [1.82, 2.24) is 4.90 Å². The van der Waals surface area contributed by atoms with E-state index in [0.29, 0.717) is 11.7 Å². The molecule has 0 bridgehead atoms. The van der Waals surface area contributed by atoms with Crippen LogP contribution >= 0.6 is 0 Å². The molecule has 0 saturated carbocycles. The van der Waals surface area contributed by atoms with Gasteiger partial charge < -0.3 is 14.2 Å². The average molecular weight is 409 g/mol. The normalized spacial score (nSPS) is 16.7. The second-order valence-corrected chi connectivity index (χ2v) is 10.1. The standard InChI is InChI=1S/C22H36N2O3S/c1-5-28(26)23-20-12-10-18(11-13-20)8-6-7-9-19-14-16-24(17-15-19)21(25)27-22(2,3)4/h10-13,19,23H,5-9,14-17H2,1-4H3. The molecule has 1 heterocycles. The zero-order valence-electron chi connectivity index (χ0n) is 17.8. The molecule has 1 aliphatic rings. The van der Waals surface area contributed by atoms with Crippen LogP contribution < -0.4 is 4.72 Å². The molecule has 158 valence electrons. The Morgan fingerprint density at radius 2 is 1.86 bits per heavy atom. The van der Waals surface area contributed by atoms with Crippen LogP contribution in [0.2, 0.25) is 0 Å². The van der Waals surface area contributed by atoms with E-state index in [1.807, 2.05) is 44.7 Å². The van der Waals surface area contributed by atoms with Crippen molar-refractivity contribution in [3.05, 3.63) is 29.8 Å². The monoisotopic (exact) mass is 408 g/mol. The number of amides is 1. The molecule has 28 heavy (non-hydrogen) atoms. The summed E-state index contributed by atoms with van der Waals surface area (Å²) < 4.78 is 20.0. The smallest absolute Gasteiger partial charge is 0.410 e. The fourth-order valence-corrected chi connectivity index (χ4v) is 3.98. The minimum absolute atomic E-state index is 0.174. The summed E-state index contributed by atoms with van der Waals surface area (Å²) in [4.78, 5) is 14.0. The SMILES string of the molecule is CC[S+]([O-])Nc1ccc(CCCCC2CCN(C(=O)OC(C)(C)C)CC2)cc1. The van der Waals surface area contributed by atoms with Crippen molar-refractivity contribution in [3.63, 3.8) is 0 Å². The Balaban J connectivity index is 1.61. The van der Waals surface area contributed by atoms with Gasteiger partial charge in [-0.3, -0.25) is 0 Å². The predicted octanol–water partition coefficient (Wildman–Crippen LogP) is 5.14. The minimum atomic E-state index is -0.988. The number of carbonyl (C=O) groups excluding carboxylic acids is 1. The summed E-state index contributed by atoms with van der Waals surface area (Å²) in [5.74, 6) is 1.33. The van der Waals surface area contributed by atoms with Crippen molar-refractivity contribution < 1.29 is 14.1 Å². The van der Waals surface area contributed by atoms with Gasteiger partial charge in [-0.2, -0.15) is 0 Å². The third-order valence-electron chi connectivity index (χ3n) is 5.04. The maximum Gasteiger partial charge on any atom is 0.410 e. The summed E-state index contributed by atoms with van der Waals surface area (Å²) in [6, 6.07) is 8.26. The van der Waals surface area contributed by atoms with Crippen LogP contribution in [0, 0.1) is 5.92 Å². The summed E-state index contributed by atoms with van der Waals surface area (Å²) in [5.41, 5.74) is 1.82. The third-order valence-corrected chi connectivity index (χ3v) is 6.03. The average Bonchev–Trinajstić information content (AvgIpc) is 2.65. The van der Waals surface area contributed by atoms with E-state index in [4.69, 9.17) is 4.74 Å². The summed E-state index contributed by atoms with van der Waals surface area (Å²) in [6.45, 7) is 9.26. The molecule has 1 atom stereocenters. The van der Waals surface area contributed by atoms with Crippen molar-refractivity contribution in [2.75, 3.05) is 23.6 Å². The first-order valence-corrected chi connectivity index (χ1v) is 11.8. The van der Waals surface area contributed by atoms with Crippen LogP contribution in [-0.2, 0) is 22.5 Å². The highest BCUT2D eigenvalue weighted by Crippen LogP contribution is 2.24. The molecule has 0 radical (unpaired) electrons. The number of likely N-dealkylation sites (tertiary alicyclic amines) is 1. The molecule has 6 heteroatoms. The van der Waals surface area contributed by atoms with Crippen molar-refractivity contribution in [1.29, 1.82) is 0 Å². The summed E-state index contributed by atoms with van der Waals surface area (Å²) in [7, 11) is 0. The van der Waals surface area contributed by atoms with Crippen LogP contribution in [0.1, 0.15) is 65.4 Å². The summed E-state index contributed by atoms with van der Waals surface area (Å²) >= 11 is -0.988. The van der Waals surface area contributed by atoms with E-state index in [2.05, 4.69) is 16.9 Å². The number of anilines is 1. The van der Waals surface area contributed by atoms with Crippen LogP contribution in [0.25, 0.3) is 0 Å². The number of unbranched alkanes of at least 4 members (excludes halogenated alkanes) is 1. The first-order chi connectivity index (χ1) is 13.3. The van der Waals surface area contributed by atoms with Gasteiger partial charge in [0.2, 0.25) is 0 Å². The minimum Gasteiger partial charge on any atom is -0.593 e. The van der Waals surface area contributed by atoms with Gasteiger partial charge in [0, 0.05) is 13.1 Å². The third kappa shape index (κ3) is 8.31. The Morgan fingerprint density at radius 3 is 2.43 bits per heavy atom. The Kier molecular flexibility index (Phi) is 8.96. The van der Waals surface area contributed by atoms with Crippen LogP contribution in [0.3, 0.4) is 0 Å². The quantitative estimate of drug-likeness (QED) is 0.478. The topological polar surface area (TPSA) is 64.6 Å². The number of aryl methyl sites for hydroxylation is 1. The fourth-order valence-electron chi connectivity index (χ4n) is 3.44. The second kappa shape index (κ2) is 11.0. The number of benzene rings is 1. The van der Waals surface area contributed by atoms with Gasteiger partial charge >= 0.3 is 6.09 Å². The van der Waals surface area contributed by atoms with Gasteiger partial charge in [0.25, 0.3) is 0 Å². The predicted molar refractivity (Wildman–Crippen MR) is 117 cm³/mol. The van der Waals surface area contributed by atoms with Crippen molar-refractivity contribution in [3.8, 4) is 0 Å². The molecule has 0 spiro atoms. The molecule has 1 amide bonds. The van der Waals surface area contributed by atoms with E-state index in [-0.39, 0.29) is 6.09 Å². The highest BCUT2D eigenvalue weighted by molar-refractivity contribution is 7.92. The van der Waals surface area contributed by atoms with Gasteiger partial charge in [-0.05, 0) is 77.0 Å². The van der Waals surface area contributed by atoms with Gasteiger partial charge in [-0.25, -0.2) is 9.52 Å². The van der Waals surface area contributed by atoms with Gasteiger partial charge in [-0.1, -0.05) is 25.0 Å². The first kappa shape index (κ1) is 22.9. The van der Waals surface area contributed by atoms with Crippen molar-refractivity contribution in [2.45, 2.75) is 71.8 Å². The van der Waals surface area contributed by atoms with Crippen LogP contribution in [0.5, 0.6) is 0 Å². The molecule has 2 rings (SSSR count). The molecule has 1 fully saturated rings. The molecule has 0 aromatic heterocycles. The molecule has 1 N–H and O–H groups in total. The maximum atomic E-state index is 12.1. The van der Waals surface area contributed by atoms with Crippen LogP contribution in [0.15, 0.2) is 24.3 Å². The lowest BCUT2D eigenvalue weighted by Gasteiger charge is -2.33. The molecular formula is C22H36N2O3S. The number of nitrogens with one attached hydrogen (secondary N) is 1. The highest BCUT2D eigenvalue weighted by atomic mass is 32.2. The number of piperidine rings is 1. The maximum absolute atomic E-state index is 12.1. The molecule has 1 aliphatic heterocycles. The zero-order chi connectivity index (χ0) is 20.6. The van der Waals surface area contributed by atoms with E-state index < -0.39 is 17.0 Å². The van der Waals surface area contributed by atoms with E-state index in [9.17, 15) is 9.35 Å². The Labute approximate surface area is 173 Å². The Morgan fingerprint density at radius 1 is 1.21 bits per heavy atom. The second-order valence-electron chi connectivity index (χ2n) is 8.59. The van der Waals surface area contributed by atoms with Crippen molar-refractivity contribution in [2.24, 2.45) is 5.92 Å². The lowest BCUT2D eigenvalue weighted by atomic mass is 9.91. The highest BCUT2D eigenvalue weighted by Gasteiger charge is 2.26. The van der Waals surface area contributed by atoms with E-state index in [1.165, 1.54) is 24.8 Å². The van der Waals surface area contributed by atoms with E-state index in [1.54, 1.807) is 0 Å². The molecule has 1 saturated heterocycles. The number of ether oxygens (including phenoxy) is 1. The number of carbonyl (C=O) groups is 1. The summed E-state index contributed by atoms with van der Waals surface area (Å²) in [6.07, 6.45) is 6.69. The zero-order valence-corrected chi connectivity index (χ0v) is 18.6. The first-order valence-electron chi connectivity index (χ1n) is 10.5. The number of hydrogen-bond acceptors (Lipinski definition) is 4. The lowest BCUT2D eigenvalue weighted by Crippen LogP contribution is -2.41. The van der Waals surface area contributed by atoms with E-state index in [0.717, 1.165) is 38.0 Å². The molecular weight excluding hydrogens is 372 g/mol. The molecule has 1 aromatic carbocycles. The molecule has 0 aliphatic carbocycles. The van der Waals surface area contributed by atoms with Crippen molar-refractivity contribution >= 4 is 23.1 Å². The van der Waals surface area contributed by atoms with Gasteiger partial charge in [0.1, 0.15) is 11.4 Å². The van der Waals surface area contributed by atoms with Gasteiger partial charge in [0.15, 0.2) is 0 Å². The lowest BCUT2D eigenvalue weighted by molar-refractivity contribution is 0.0180. The molecule has 1 unspecified atom stereocenters. The Bertz CT molecular complexity index is 593. The van der Waals surface area contributed by atoms with Crippen LogP contribution in [-0.4, -0.2) is 40.0 Å². The summed E-state index contributed by atoms with van der Waals surface area (Å²) in [5, 5.41) is 0. The largest absolute Gasteiger partial charge is 0.593 e.